The lowest BCUT2D eigenvalue weighted by Gasteiger charge is -2.26. The number of carbonyl (C=O) groups is 3. The first kappa shape index (κ1) is 24.1. The van der Waals surface area contributed by atoms with E-state index in [1.807, 2.05) is 4.98 Å². The SMILES string of the molecule is CC(=O)O[C@H]1[C@H](n2ccc(=O)[nH]c2=O)O[C@](F)(COC(=O)c2cccc(Cl)c2)[C@H]1OC(C)=O. The molecule has 1 aliphatic heterocycles. The van der Waals surface area contributed by atoms with Crippen molar-refractivity contribution >= 4 is 29.5 Å². The molecule has 1 N–H and O–H groups in total. The molecule has 0 unspecified atom stereocenters. The molecule has 1 saturated heterocycles. The van der Waals surface area contributed by atoms with E-state index in [0.29, 0.717) is 0 Å². The summed E-state index contributed by atoms with van der Waals surface area (Å²) in [5, 5.41) is 0.238. The first-order valence-corrected chi connectivity index (χ1v) is 9.83. The van der Waals surface area contributed by atoms with E-state index in [2.05, 4.69) is 0 Å². The predicted octanol–water partition coefficient (Wildman–Crippen LogP) is 1.10. The molecule has 0 saturated carbocycles. The van der Waals surface area contributed by atoms with Gasteiger partial charge in [0.15, 0.2) is 18.9 Å². The Morgan fingerprint density at radius 2 is 1.88 bits per heavy atom. The van der Waals surface area contributed by atoms with E-state index in [9.17, 15) is 24.0 Å². The lowest BCUT2D eigenvalue weighted by Crippen LogP contribution is -2.47. The molecule has 13 heteroatoms. The van der Waals surface area contributed by atoms with Gasteiger partial charge in [-0.3, -0.25) is 23.9 Å². The molecule has 2 heterocycles. The van der Waals surface area contributed by atoms with Gasteiger partial charge in [0, 0.05) is 31.1 Å². The summed E-state index contributed by atoms with van der Waals surface area (Å²) in [6.45, 7) is 0.889. The Hall–Kier alpha value is -3.51. The Kier molecular flexibility index (Phi) is 6.98. The molecule has 0 bridgehead atoms. The Balaban J connectivity index is 1.95. The van der Waals surface area contributed by atoms with E-state index < -0.39 is 60.1 Å². The monoisotopic (exact) mass is 484 g/mol. The van der Waals surface area contributed by atoms with E-state index in [4.69, 9.17) is 30.5 Å². The minimum atomic E-state index is -3.03. The first-order chi connectivity index (χ1) is 15.5. The minimum Gasteiger partial charge on any atom is -0.456 e. The highest BCUT2D eigenvalue weighted by Crippen LogP contribution is 2.42. The van der Waals surface area contributed by atoms with Crippen molar-refractivity contribution in [3.05, 3.63) is 68.0 Å². The van der Waals surface area contributed by atoms with Gasteiger partial charge in [0.1, 0.15) is 0 Å². The van der Waals surface area contributed by atoms with Crippen LogP contribution in [-0.4, -0.2) is 52.1 Å². The fourth-order valence-corrected chi connectivity index (χ4v) is 3.39. The molecule has 1 aromatic carbocycles. The second kappa shape index (κ2) is 9.55. The number of alkyl halides is 1. The van der Waals surface area contributed by atoms with Crippen molar-refractivity contribution in [2.75, 3.05) is 6.61 Å². The number of nitrogens with one attached hydrogen (secondary N) is 1. The normalized spacial score (nSPS) is 24.2. The van der Waals surface area contributed by atoms with E-state index in [1.54, 1.807) is 0 Å². The summed E-state index contributed by atoms with van der Waals surface area (Å²) in [7, 11) is 0. The zero-order valence-electron chi connectivity index (χ0n) is 17.3. The van der Waals surface area contributed by atoms with Crippen LogP contribution in [0, 0.1) is 0 Å². The van der Waals surface area contributed by atoms with Crippen LogP contribution in [0.5, 0.6) is 0 Å². The molecule has 1 fully saturated rings. The molecule has 4 atom stereocenters. The summed E-state index contributed by atoms with van der Waals surface area (Å²) in [4.78, 5) is 61.2. The second-order valence-corrected chi connectivity index (χ2v) is 7.44. The zero-order valence-corrected chi connectivity index (χ0v) is 18.0. The maximum atomic E-state index is 16.0. The Morgan fingerprint density at radius 1 is 1.18 bits per heavy atom. The standard InChI is InChI=1S/C20H18ClFN2O9/c1-10(25)31-15-16(32-11(2)26)20(22,9-30-18(28)12-4-3-5-13(21)8-12)33-17(15)24-7-6-14(27)23-19(24)29/h3-8,15-17H,9H2,1-2H3,(H,23,27,29)/t15-,16+,17-,20-/m1/s1. The summed E-state index contributed by atoms with van der Waals surface area (Å²) < 4.78 is 37.1. The van der Waals surface area contributed by atoms with Gasteiger partial charge in [-0.1, -0.05) is 17.7 Å². The van der Waals surface area contributed by atoms with Gasteiger partial charge in [-0.2, -0.15) is 0 Å². The lowest BCUT2D eigenvalue weighted by atomic mass is 10.1. The first-order valence-electron chi connectivity index (χ1n) is 9.45. The summed E-state index contributed by atoms with van der Waals surface area (Å²) >= 11 is 5.83. The number of aromatic nitrogens is 2. The molecule has 0 aliphatic carbocycles. The van der Waals surface area contributed by atoms with Crippen molar-refractivity contribution in [3.63, 3.8) is 0 Å². The third-order valence-corrected chi connectivity index (χ3v) is 4.74. The molecule has 0 amide bonds. The van der Waals surface area contributed by atoms with Gasteiger partial charge < -0.3 is 18.9 Å². The van der Waals surface area contributed by atoms with Crippen molar-refractivity contribution in [3.8, 4) is 0 Å². The number of ether oxygens (including phenoxy) is 4. The van der Waals surface area contributed by atoms with E-state index in [0.717, 1.165) is 30.7 Å². The maximum absolute atomic E-state index is 16.0. The Morgan fingerprint density at radius 3 is 2.48 bits per heavy atom. The molecule has 33 heavy (non-hydrogen) atoms. The number of esters is 3. The summed E-state index contributed by atoms with van der Waals surface area (Å²) in [5.74, 6) is -5.85. The van der Waals surface area contributed by atoms with Crippen LogP contribution in [0.25, 0.3) is 0 Å². The quantitative estimate of drug-likeness (QED) is 0.471. The lowest BCUT2D eigenvalue weighted by molar-refractivity contribution is -0.217. The van der Waals surface area contributed by atoms with Gasteiger partial charge in [0.05, 0.1) is 5.56 Å². The molecule has 3 rings (SSSR count). The molecule has 2 aromatic rings. The fraction of sp³-hybridized carbons (Fsp3) is 0.350. The van der Waals surface area contributed by atoms with Gasteiger partial charge >= 0.3 is 23.6 Å². The summed E-state index contributed by atoms with van der Waals surface area (Å²) in [5.41, 5.74) is -1.73. The molecule has 1 aromatic heterocycles. The van der Waals surface area contributed by atoms with Crippen molar-refractivity contribution in [2.45, 2.75) is 38.1 Å². The number of halogens is 2. The number of benzene rings is 1. The van der Waals surface area contributed by atoms with Crippen LogP contribution in [0.3, 0.4) is 0 Å². The van der Waals surface area contributed by atoms with Gasteiger partial charge in [0.2, 0.25) is 6.10 Å². The van der Waals surface area contributed by atoms with Crippen LogP contribution in [-0.2, 0) is 28.5 Å². The number of H-pyrrole nitrogens is 1. The molecular formula is C20H18ClFN2O9. The Labute approximate surface area is 190 Å². The predicted molar refractivity (Wildman–Crippen MR) is 108 cm³/mol. The van der Waals surface area contributed by atoms with Crippen LogP contribution in [0.4, 0.5) is 4.39 Å². The van der Waals surface area contributed by atoms with Crippen LogP contribution >= 0.6 is 11.6 Å². The topological polar surface area (TPSA) is 143 Å². The number of hydrogen-bond acceptors (Lipinski definition) is 9. The molecule has 0 radical (unpaired) electrons. The third kappa shape index (κ3) is 5.46. The smallest absolute Gasteiger partial charge is 0.338 e. The highest BCUT2D eigenvalue weighted by molar-refractivity contribution is 6.30. The summed E-state index contributed by atoms with van der Waals surface area (Å²) in [6, 6.07) is 6.61. The average Bonchev–Trinajstić information content (AvgIpc) is 2.97. The van der Waals surface area contributed by atoms with Crippen molar-refractivity contribution in [1.82, 2.24) is 9.55 Å². The molecule has 1 aliphatic rings. The highest BCUT2D eigenvalue weighted by atomic mass is 35.5. The minimum absolute atomic E-state index is 0.0121. The summed E-state index contributed by atoms with van der Waals surface area (Å²) in [6.07, 6.45) is -4.27. The molecule has 11 nitrogen and oxygen atoms in total. The van der Waals surface area contributed by atoms with Gasteiger partial charge in [-0.05, 0) is 18.2 Å². The van der Waals surface area contributed by atoms with Crippen LogP contribution < -0.4 is 11.2 Å². The van der Waals surface area contributed by atoms with Crippen LogP contribution in [0.1, 0.15) is 30.4 Å². The molecule has 0 spiro atoms. The van der Waals surface area contributed by atoms with E-state index >= 15 is 4.39 Å². The number of carbonyl (C=O) groups excluding carboxylic acids is 3. The van der Waals surface area contributed by atoms with Crippen LogP contribution in [0.2, 0.25) is 5.02 Å². The third-order valence-electron chi connectivity index (χ3n) is 4.50. The zero-order chi connectivity index (χ0) is 24.3. The average molecular weight is 485 g/mol. The molecule has 176 valence electrons. The van der Waals surface area contributed by atoms with Crippen molar-refractivity contribution in [1.29, 1.82) is 0 Å². The second-order valence-electron chi connectivity index (χ2n) is 7.00. The fourth-order valence-electron chi connectivity index (χ4n) is 3.20. The number of aromatic amines is 1. The maximum Gasteiger partial charge on any atom is 0.338 e. The number of rotatable bonds is 6. The van der Waals surface area contributed by atoms with E-state index in [-0.39, 0.29) is 10.6 Å². The van der Waals surface area contributed by atoms with Gasteiger partial charge in [0.25, 0.3) is 11.4 Å². The Bertz CT molecular complexity index is 1200. The number of hydrogen-bond donors (Lipinski definition) is 1. The van der Waals surface area contributed by atoms with Crippen LogP contribution in [0.15, 0.2) is 46.1 Å². The largest absolute Gasteiger partial charge is 0.456 e. The van der Waals surface area contributed by atoms with Gasteiger partial charge in [-0.25, -0.2) is 14.0 Å². The van der Waals surface area contributed by atoms with Crippen molar-refractivity contribution in [2.24, 2.45) is 0 Å². The van der Waals surface area contributed by atoms with Crippen molar-refractivity contribution < 1.29 is 37.7 Å². The van der Waals surface area contributed by atoms with Gasteiger partial charge in [-0.15, -0.1) is 0 Å². The molecular weight excluding hydrogens is 467 g/mol. The van der Waals surface area contributed by atoms with E-state index in [1.165, 1.54) is 24.3 Å². The highest BCUT2D eigenvalue weighted by Gasteiger charge is 2.62. The number of nitrogens with zero attached hydrogens (tertiary/aromatic N) is 1.